The molecule has 1 fully saturated rings. The lowest BCUT2D eigenvalue weighted by molar-refractivity contribution is 0.128. The van der Waals surface area contributed by atoms with Crippen LogP contribution in [0.4, 0.5) is 0 Å². The first kappa shape index (κ1) is 13.6. The molecule has 1 saturated heterocycles. The van der Waals surface area contributed by atoms with Crippen molar-refractivity contribution >= 4 is 0 Å². The Balaban J connectivity index is 2.06. The van der Waals surface area contributed by atoms with Gasteiger partial charge in [-0.15, -0.1) is 0 Å². The standard InChI is InChI=1S/C14H26N4/c1-5-13-9-17(12(4)8-15-13)10-14-7-11(3)16-18(14)6-2/h7,12-13,15H,5-6,8-10H2,1-4H3. The average Bonchev–Trinajstić information content (AvgIpc) is 2.72. The summed E-state index contributed by atoms with van der Waals surface area (Å²) in [5.74, 6) is 0. The topological polar surface area (TPSA) is 33.1 Å². The van der Waals surface area contributed by atoms with E-state index in [0.717, 1.165) is 31.9 Å². The highest BCUT2D eigenvalue weighted by Gasteiger charge is 2.24. The van der Waals surface area contributed by atoms with Gasteiger partial charge in [-0.25, -0.2) is 0 Å². The first-order chi connectivity index (χ1) is 8.63. The first-order valence-corrected chi connectivity index (χ1v) is 7.14. The third kappa shape index (κ3) is 2.93. The highest BCUT2D eigenvalue weighted by Crippen LogP contribution is 2.14. The number of nitrogens with one attached hydrogen (secondary N) is 1. The summed E-state index contributed by atoms with van der Waals surface area (Å²) in [5, 5.41) is 8.14. The van der Waals surface area contributed by atoms with Crippen molar-refractivity contribution in [3.05, 3.63) is 17.5 Å². The van der Waals surface area contributed by atoms with Crippen molar-refractivity contribution in [2.24, 2.45) is 0 Å². The summed E-state index contributed by atoms with van der Waals surface area (Å²) in [5.41, 5.74) is 2.47. The van der Waals surface area contributed by atoms with Crippen LogP contribution in [0.15, 0.2) is 6.07 Å². The van der Waals surface area contributed by atoms with E-state index in [0.29, 0.717) is 12.1 Å². The minimum Gasteiger partial charge on any atom is -0.311 e. The van der Waals surface area contributed by atoms with Gasteiger partial charge < -0.3 is 5.32 Å². The lowest BCUT2D eigenvalue weighted by atomic mass is 10.1. The Morgan fingerprint density at radius 2 is 2.22 bits per heavy atom. The Morgan fingerprint density at radius 1 is 1.44 bits per heavy atom. The first-order valence-electron chi connectivity index (χ1n) is 7.14. The molecule has 18 heavy (non-hydrogen) atoms. The number of rotatable bonds is 4. The number of aryl methyl sites for hydroxylation is 2. The molecule has 0 spiro atoms. The van der Waals surface area contributed by atoms with Gasteiger partial charge in [0, 0.05) is 38.3 Å². The van der Waals surface area contributed by atoms with Gasteiger partial charge in [0.05, 0.1) is 11.4 Å². The van der Waals surface area contributed by atoms with Crippen molar-refractivity contribution in [3.8, 4) is 0 Å². The van der Waals surface area contributed by atoms with E-state index in [1.54, 1.807) is 0 Å². The van der Waals surface area contributed by atoms with Gasteiger partial charge in [0.25, 0.3) is 0 Å². The second kappa shape index (κ2) is 5.85. The van der Waals surface area contributed by atoms with Crippen molar-refractivity contribution in [1.82, 2.24) is 20.0 Å². The number of nitrogens with zero attached hydrogens (tertiary/aromatic N) is 3. The highest BCUT2D eigenvalue weighted by atomic mass is 15.3. The minimum atomic E-state index is 0.605. The number of hydrogen-bond acceptors (Lipinski definition) is 3. The molecule has 0 aromatic carbocycles. The largest absolute Gasteiger partial charge is 0.311 e. The molecule has 2 heterocycles. The van der Waals surface area contributed by atoms with E-state index in [1.807, 2.05) is 0 Å². The van der Waals surface area contributed by atoms with Gasteiger partial charge in [0.1, 0.15) is 0 Å². The van der Waals surface area contributed by atoms with E-state index in [2.05, 4.69) is 53.8 Å². The van der Waals surface area contributed by atoms with Gasteiger partial charge in [0.15, 0.2) is 0 Å². The van der Waals surface area contributed by atoms with Gasteiger partial charge >= 0.3 is 0 Å². The maximum Gasteiger partial charge on any atom is 0.0597 e. The molecule has 2 unspecified atom stereocenters. The fourth-order valence-corrected chi connectivity index (χ4v) is 2.70. The zero-order valence-corrected chi connectivity index (χ0v) is 12.1. The minimum absolute atomic E-state index is 0.605. The maximum absolute atomic E-state index is 4.53. The van der Waals surface area contributed by atoms with Crippen LogP contribution in [0.1, 0.15) is 38.6 Å². The van der Waals surface area contributed by atoms with E-state index in [4.69, 9.17) is 0 Å². The molecule has 1 aromatic rings. The number of piperazine rings is 1. The molecule has 4 heteroatoms. The van der Waals surface area contributed by atoms with Crippen molar-refractivity contribution in [2.45, 2.75) is 59.3 Å². The van der Waals surface area contributed by atoms with Crippen LogP contribution in [0.5, 0.6) is 0 Å². The van der Waals surface area contributed by atoms with Gasteiger partial charge in [-0.3, -0.25) is 9.58 Å². The predicted octanol–water partition coefficient (Wildman–Crippen LogP) is 1.78. The van der Waals surface area contributed by atoms with Crippen LogP contribution >= 0.6 is 0 Å². The molecule has 0 amide bonds. The monoisotopic (exact) mass is 250 g/mol. The molecule has 2 atom stereocenters. The van der Waals surface area contributed by atoms with E-state index in [9.17, 15) is 0 Å². The second-order valence-corrected chi connectivity index (χ2v) is 5.38. The van der Waals surface area contributed by atoms with Crippen LogP contribution in [0.2, 0.25) is 0 Å². The Morgan fingerprint density at radius 3 is 2.89 bits per heavy atom. The summed E-state index contributed by atoms with van der Waals surface area (Å²) in [6, 6.07) is 3.47. The summed E-state index contributed by atoms with van der Waals surface area (Å²) in [6.45, 7) is 13.0. The summed E-state index contributed by atoms with van der Waals surface area (Å²) in [4.78, 5) is 2.58. The lowest BCUT2D eigenvalue weighted by Gasteiger charge is -2.38. The van der Waals surface area contributed by atoms with Crippen LogP contribution in [-0.2, 0) is 13.1 Å². The van der Waals surface area contributed by atoms with E-state index in [-0.39, 0.29) is 0 Å². The molecule has 0 bridgehead atoms. The highest BCUT2D eigenvalue weighted by molar-refractivity contribution is 5.09. The molecule has 102 valence electrons. The SMILES string of the molecule is CCC1CN(Cc2cc(C)nn2CC)C(C)CN1. The van der Waals surface area contributed by atoms with Crippen molar-refractivity contribution < 1.29 is 0 Å². The van der Waals surface area contributed by atoms with Gasteiger partial charge in [-0.1, -0.05) is 6.92 Å². The van der Waals surface area contributed by atoms with Crippen LogP contribution in [0, 0.1) is 6.92 Å². The van der Waals surface area contributed by atoms with Gasteiger partial charge in [-0.05, 0) is 33.3 Å². The molecular weight excluding hydrogens is 224 g/mol. The second-order valence-electron chi connectivity index (χ2n) is 5.38. The molecule has 0 aliphatic carbocycles. The summed E-state index contributed by atoms with van der Waals surface area (Å²) in [6.07, 6.45) is 1.20. The molecule has 2 rings (SSSR count). The molecule has 4 nitrogen and oxygen atoms in total. The normalized spacial score (nSPS) is 25.6. The smallest absolute Gasteiger partial charge is 0.0597 e. The fourth-order valence-electron chi connectivity index (χ4n) is 2.70. The Bertz CT molecular complexity index is 385. The van der Waals surface area contributed by atoms with Crippen LogP contribution in [0.3, 0.4) is 0 Å². The Labute approximate surface area is 110 Å². The predicted molar refractivity (Wildman–Crippen MR) is 74.6 cm³/mol. The lowest BCUT2D eigenvalue weighted by Crippen LogP contribution is -2.54. The summed E-state index contributed by atoms with van der Waals surface area (Å²) < 4.78 is 2.13. The van der Waals surface area contributed by atoms with Crippen molar-refractivity contribution in [3.63, 3.8) is 0 Å². The van der Waals surface area contributed by atoms with Crippen LogP contribution < -0.4 is 5.32 Å². The van der Waals surface area contributed by atoms with E-state index < -0.39 is 0 Å². The van der Waals surface area contributed by atoms with E-state index >= 15 is 0 Å². The third-order valence-electron chi connectivity index (χ3n) is 3.92. The van der Waals surface area contributed by atoms with Crippen LogP contribution in [0.25, 0.3) is 0 Å². The Hall–Kier alpha value is -0.870. The van der Waals surface area contributed by atoms with Gasteiger partial charge in [0.2, 0.25) is 0 Å². The average molecular weight is 250 g/mol. The van der Waals surface area contributed by atoms with E-state index in [1.165, 1.54) is 12.1 Å². The molecule has 1 aliphatic heterocycles. The summed E-state index contributed by atoms with van der Waals surface area (Å²) >= 11 is 0. The summed E-state index contributed by atoms with van der Waals surface area (Å²) in [7, 11) is 0. The molecule has 0 saturated carbocycles. The zero-order valence-electron chi connectivity index (χ0n) is 12.1. The van der Waals surface area contributed by atoms with Crippen molar-refractivity contribution in [2.75, 3.05) is 13.1 Å². The molecular formula is C14H26N4. The van der Waals surface area contributed by atoms with Crippen molar-refractivity contribution in [1.29, 1.82) is 0 Å². The quantitative estimate of drug-likeness (QED) is 0.884. The van der Waals surface area contributed by atoms with Crippen LogP contribution in [-0.4, -0.2) is 39.9 Å². The third-order valence-corrected chi connectivity index (χ3v) is 3.92. The number of hydrogen-bond donors (Lipinski definition) is 1. The molecule has 1 N–H and O–H groups in total. The molecule has 1 aliphatic rings. The Kier molecular flexibility index (Phi) is 4.40. The van der Waals surface area contributed by atoms with Gasteiger partial charge in [-0.2, -0.15) is 5.10 Å². The maximum atomic E-state index is 4.53. The zero-order chi connectivity index (χ0) is 13.1. The fraction of sp³-hybridized carbons (Fsp3) is 0.786. The number of aromatic nitrogens is 2. The molecule has 0 radical (unpaired) electrons. The molecule has 1 aromatic heterocycles.